The van der Waals surface area contributed by atoms with Crippen molar-refractivity contribution in [3.05, 3.63) is 29.8 Å². The van der Waals surface area contributed by atoms with Crippen LogP contribution in [0.25, 0.3) is 0 Å². The summed E-state index contributed by atoms with van der Waals surface area (Å²) in [6.45, 7) is 4.19. The molecular weight excluding hydrogens is 254 g/mol. The van der Waals surface area contributed by atoms with E-state index in [4.69, 9.17) is 9.47 Å². The minimum Gasteiger partial charge on any atom is -0.496 e. The molecule has 0 amide bonds. The highest BCUT2D eigenvalue weighted by Gasteiger charge is 2.33. The fourth-order valence-electron chi connectivity index (χ4n) is 2.57. The van der Waals surface area contributed by atoms with Gasteiger partial charge in [0.25, 0.3) is 0 Å². The van der Waals surface area contributed by atoms with E-state index in [2.05, 4.69) is 12.2 Å². The first kappa shape index (κ1) is 15.0. The molecule has 0 aliphatic carbocycles. The van der Waals surface area contributed by atoms with E-state index in [0.29, 0.717) is 19.6 Å². The van der Waals surface area contributed by atoms with Gasteiger partial charge in [-0.3, -0.25) is 4.79 Å². The monoisotopic (exact) mass is 277 g/mol. The van der Waals surface area contributed by atoms with Crippen LogP contribution in [0.1, 0.15) is 18.9 Å². The number of benzene rings is 1. The molecule has 2 unspecified atom stereocenters. The molecule has 1 aliphatic rings. The SMILES string of the molecule is CCCNC1COCC1C(=O)Cc1ccccc1OC. The number of ether oxygens (including phenoxy) is 2. The van der Waals surface area contributed by atoms with Crippen molar-refractivity contribution in [2.75, 3.05) is 26.9 Å². The van der Waals surface area contributed by atoms with Crippen LogP contribution in [0, 0.1) is 5.92 Å². The van der Waals surface area contributed by atoms with Crippen LogP contribution in [0.4, 0.5) is 0 Å². The first-order valence-electron chi connectivity index (χ1n) is 7.22. The quantitative estimate of drug-likeness (QED) is 0.826. The lowest BCUT2D eigenvalue weighted by molar-refractivity contribution is -0.122. The van der Waals surface area contributed by atoms with Crippen molar-refractivity contribution in [3.8, 4) is 5.75 Å². The minimum atomic E-state index is -0.0496. The summed E-state index contributed by atoms with van der Waals surface area (Å²) in [5.41, 5.74) is 0.946. The number of rotatable bonds is 7. The third-order valence-corrected chi connectivity index (χ3v) is 3.71. The summed E-state index contributed by atoms with van der Waals surface area (Å²) in [7, 11) is 1.63. The summed E-state index contributed by atoms with van der Waals surface area (Å²) in [4.78, 5) is 12.5. The second-order valence-corrected chi connectivity index (χ2v) is 5.16. The second kappa shape index (κ2) is 7.41. The van der Waals surface area contributed by atoms with E-state index in [1.807, 2.05) is 24.3 Å². The molecule has 1 aromatic rings. The number of Topliss-reactive ketones (excluding diaryl/α,β-unsaturated/α-hetero) is 1. The Morgan fingerprint density at radius 3 is 2.95 bits per heavy atom. The van der Waals surface area contributed by atoms with Gasteiger partial charge >= 0.3 is 0 Å². The largest absolute Gasteiger partial charge is 0.496 e. The Bertz CT molecular complexity index is 447. The normalized spacial score (nSPS) is 21.9. The van der Waals surface area contributed by atoms with Crippen molar-refractivity contribution in [2.45, 2.75) is 25.8 Å². The number of nitrogens with one attached hydrogen (secondary N) is 1. The predicted octanol–water partition coefficient (Wildman–Crippen LogP) is 1.82. The van der Waals surface area contributed by atoms with E-state index < -0.39 is 0 Å². The molecule has 0 bridgehead atoms. The molecule has 0 spiro atoms. The van der Waals surface area contributed by atoms with Crippen LogP contribution >= 0.6 is 0 Å². The number of hydrogen-bond acceptors (Lipinski definition) is 4. The molecule has 1 heterocycles. The Labute approximate surface area is 120 Å². The zero-order valence-electron chi connectivity index (χ0n) is 12.2. The highest BCUT2D eigenvalue weighted by Crippen LogP contribution is 2.22. The van der Waals surface area contributed by atoms with Gasteiger partial charge < -0.3 is 14.8 Å². The Balaban J connectivity index is 2.00. The molecule has 0 aromatic heterocycles. The van der Waals surface area contributed by atoms with E-state index in [9.17, 15) is 4.79 Å². The summed E-state index contributed by atoms with van der Waals surface area (Å²) in [5, 5.41) is 3.40. The van der Waals surface area contributed by atoms with E-state index >= 15 is 0 Å². The molecule has 1 aliphatic heterocycles. The molecule has 110 valence electrons. The van der Waals surface area contributed by atoms with Gasteiger partial charge in [-0.2, -0.15) is 0 Å². The van der Waals surface area contributed by atoms with E-state index in [1.54, 1.807) is 7.11 Å². The molecule has 1 saturated heterocycles. The molecule has 2 atom stereocenters. The van der Waals surface area contributed by atoms with Crippen molar-refractivity contribution in [1.29, 1.82) is 0 Å². The zero-order valence-corrected chi connectivity index (χ0v) is 12.2. The molecule has 1 aromatic carbocycles. The third kappa shape index (κ3) is 3.58. The summed E-state index contributed by atoms with van der Waals surface area (Å²) in [6.07, 6.45) is 1.46. The second-order valence-electron chi connectivity index (χ2n) is 5.16. The average Bonchev–Trinajstić information content (AvgIpc) is 2.94. The maximum absolute atomic E-state index is 12.5. The lowest BCUT2D eigenvalue weighted by Gasteiger charge is -2.18. The highest BCUT2D eigenvalue weighted by atomic mass is 16.5. The summed E-state index contributed by atoms with van der Waals surface area (Å²) in [6, 6.07) is 7.83. The smallest absolute Gasteiger partial charge is 0.144 e. The topological polar surface area (TPSA) is 47.6 Å². The minimum absolute atomic E-state index is 0.0496. The van der Waals surface area contributed by atoms with Crippen LogP contribution in [0.3, 0.4) is 0 Å². The first-order chi connectivity index (χ1) is 9.76. The maximum Gasteiger partial charge on any atom is 0.144 e. The van der Waals surface area contributed by atoms with E-state index in [1.165, 1.54) is 0 Å². The summed E-state index contributed by atoms with van der Waals surface area (Å²) in [5.74, 6) is 0.949. The molecule has 20 heavy (non-hydrogen) atoms. The van der Waals surface area contributed by atoms with Gasteiger partial charge in [0.05, 0.1) is 26.2 Å². The van der Waals surface area contributed by atoms with Crippen molar-refractivity contribution in [3.63, 3.8) is 0 Å². The van der Waals surface area contributed by atoms with Crippen LogP contribution in [0.15, 0.2) is 24.3 Å². The van der Waals surface area contributed by atoms with Crippen LogP contribution < -0.4 is 10.1 Å². The Kier molecular flexibility index (Phi) is 5.56. The van der Waals surface area contributed by atoms with Crippen LogP contribution in [-0.2, 0) is 16.0 Å². The number of ketones is 1. The molecular formula is C16H23NO3. The Hall–Kier alpha value is -1.39. The molecule has 2 rings (SSSR count). The van der Waals surface area contributed by atoms with Gasteiger partial charge in [-0.05, 0) is 19.0 Å². The lowest BCUT2D eigenvalue weighted by atomic mass is 9.93. The zero-order chi connectivity index (χ0) is 14.4. The third-order valence-electron chi connectivity index (χ3n) is 3.71. The Morgan fingerprint density at radius 2 is 2.20 bits per heavy atom. The Morgan fingerprint density at radius 1 is 1.40 bits per heavy atom. The summed E-state index contributed by atoms with van der Waals surface area (Å²) < 4.78 is 10.8. The molecule has 0 radical (unpaired) electrons. The predicted molar refractivity (Wildman–Crippen MR) is 78.1 cm³/mol. The maximum atomic E-state index is 12.5. The van der Waals surface area contributed by atoms with Crippen molar-refractivity contribution < 1.29 is 14.3 Å². The molecule has 4 nitrogen and oxygen atoms in total. The number of carbonyl (C=O) groups excluding carboxylic acids is 1. The summed E-state index contributed by atoms with van der Waals surface area (Å²) >= 11 is 0. The van der Waals surface area contributed by atoms with E-state index in [0.717, 1.165) is 24.3 Å². The number of carbonyl (C=O) groups is 1. The van der Waals surface area contributed by atoms with Crippen LogP contribution in [0.5, 0.6) is 5.75 Å². The standard InChI is InChI=1S/C16H23NO3/c1-3-8-17-14-11-20-10-13(14)15(18)9-12-6-4-5-7-16(12)19-2/h4-7,13-14,17H,3,8-11H2,1-2H3. The van der Waals surface area contributed by atoms with Gasteiger partial charge in [0.1, 0.15) is 11.5 Å². The van der Waals surface area contributed by atoms with Crippen molar-refractivity contribution in [2.24, 2.45) is 5.92 Å². The molecule has 4 heteroatoms. The number of methoxy groups -OCH3 is 1. The first-order valence-corrected chi connectivity index (χ1v) is 7.22. The van der Waals surface area contributed by atoms with Crippen LogP contribution in [0.2, 0.25) is 0 Å². The van der Waals surface area contributed by atoms with Gasteiger partial charge in [0.15, 0.2) is 0 Å². The number of hydrogen-bond donors (Lipinski definition) is 1. The van der Waals surface area contributed by atoms with Gasteiger partial charge in [-0.1, -0.05) is 25.1 Å². The van der Waals surface area contributed by atoms with Crippen molar-refractivity contribution >= 4 is 5.78 Å². The lowest BCUT2D eigenvalue weighted by Crippen LogP contribution is -2.40. The average molecular weight is 277 g/mol. The van der Waals surface area contributed by atoms with Gasteiger partial charge in [0, 0.05) is 18.0 Å². The molecule has 1 N–H and O–H groups in total. The fourth-order valence-corrected chi connectivity index (χ4v) is 2.57. The number of para-hydroxylation sites is 1. The highest BCUT2D eigenvalue weighted by molar-refractivity contribution is 5.85. The molecule has 0 saturated carbocycles. The van der Waals surface area contributed by atoms with Crippen molar-refractivity contribution in [1.82, 2.24) is 5.32 Å². The molecule has 1 fully saturated rings. The van der Waals surface area contributed by atoms with Crippen LogP contribution in [-0.4, -0.2) is 38.7 Å². The van der Waals surface area contributed by atoms with Gasteiger partial charge in [-0.15, -0.1) is 0 Å². The van der Waals surface area contributed by atoms with E-state index in [-0.39, 0.29) is 17.7 Å². The van der Waals surface area contributed by atoms with Gasteiger partial charge in [-0.25, -0.2) is 0 Å². The van der Waals surface area contributed by atoms with Gasteiger partial charge in [0.2, 0.25) is 0 Å². The fraction of sp³-hybridized carbons (Fsp3) is 0.562.